The maximum absolute atomic E-state index is 12.0. The molecule has 0 unspecified atom stereocenters. The molecule has 1 fully saturated rings. The van der Waals surface area contributed by atoms with Crippen molar-refractivity contribution < 1.29 is 11.0 Å². The SMILES string of the molecule is CCCCC1=C[CH]1.Cc1ccc(NC2CCN(C(=O)OC(C)(C)C)CC2)cc1.[HH]. The van der Waals surface area contributed by atoms with Gasteiger partial charge in [-0.25, -0.2) is 4.79 Å². The number of rotatable bonds is 5. The van der Waals surface area contributed by atoms with Gasteiger partial charge in [-0.05, 0) is 65.5 Å². The van der Waals surface area contributed by atoms with E-state index in [-0.39, 0.29) is 7.52 Å². The number of benzene rings is 1. The number of hydrogen-bond acceptors (Lipinski definition) is 3. The monoisotopic (exact) mass is 387 g/mol. The molecule has 1 N–H and O–H groups in total. The van der Waals surface area contributed by atoms with Crippen LogP contribution in [0.4, 0.5) is 10.5 Å². The molecule has 1 saturated heterocycles. The number of carbonyl (C=O) groups is 1. The van der Waals surface area contributed by atoms with Gasteiger partial charge < -0.3 is 15.0 Å². The van der Waals surface area contributed by atoms with Crippen LogP contribution in [0.2, 0.25) is 0 Å². The number of nitrogens with one attached hydrogen (secondary N) is 1. The van der Waals surface area contributed by atoms with E-state index in [0.29, 0.717) is 6.04 Å². The molecule has 1 aromatic rings. The lowest BCUT2D eigenvalue weighted by molar-refractivity contribution is 0.0210. The summed E-state index contributed by atoms with van der Waals surface area (Å²) in [7, 11) is 0. The molecule has 1 amide bonds. The van der Waals surface area contributed by atoms with Crippen molar-refractivity contribution in [2.24, 2.45) is 0 Å². The summed E-state index contributed by atoms with van der Waals surface area (Å²) in [6, 6.07) is 8.85. The van der Waals surface area contributed by atoms with Crippen molar-refractivity contribution in [3.8, 4) is 0 Å². The number of aryl methyl sites for hydroxylation is 1. The number of piperidine rings is 1. The van der Waals surface area contributed by atoms with Crippen molar-refractivity contribution in [3.05, 3.63) is 47.9 Å². The first-order chi connectivity index (χ1) is 13.3. The second kappa shape index (κ2) is 10.5. The van der Waals surface area contributed by atoms with E-state index in [9.17, 15) is 4.79 Å². The third-order valence-corrected chi connectivity index (χ3v) is 4.79. The number of hydrogen-bond donors (Lipinski definition) is 1. The van der Waals surface area contributed by atoms with Crippen LogP contribution in [0.1, 0.15) is 66.8 Å². The van der Waals surface area contributed by atoms with Crippen LogP contribution < -0.4 is 5.32 Å². The fourth-order valence-electron chi connectivity index (χ4n) is 3.02. The summed E-state index contributed by atoms with van der Waals surface area (Å²) in [5, 5.41) is 3.54. The van der Waals surface area contributed by atoms with Gasteiger partial charge >= 0.3 is 6.09 Å². The predicted octanol–water partition coefficient (Wildman–Crippen LogP) is 6.37. The van der Waals surface area contributed by atoms with Crippen LogP contribution in [-0.4, -0.2) is 35.7 Å². The Balaban J connectivity index is 0.000000445. The average molecular weight is 388 g/mol. The molecule has 1 radical (unpaired) electrons. The molecule has 4 nitrogen and oxygen atoms in total. The summed E-state index contributed by atoms with van der Waals surface area (Å²) in [5.74, 6) is 0. The van der Waals surface area contributed by atoms with Crippen molar-refractivity contribution in [1.29, 1.82) is 0 Å². The highest BCUT2D eigenvalue weighted by Gasteiger charge is 2.26. The van der Waals surface area contributed by atoms with E-state index in [2.05, 4.69) is 55.9 Å². The Kier molecular flexibility index (Phi) is 8.40. The Labute approximate surface area is 172 Å². The number of ether oxygens (including phenoxy) is 1. The molecule has 3 rings (SSSR count). The molecule has 0 atom stereocenters. The van der Waals surface area contributed by atoms with Crippen LogP contribution in [0, 0.1) is 13.3 Å². The van der Waals surface area contributed by atoms with Crippen molar-refractivity contribution in [1.82, 2.24) is 4.90 Å². The van der Waals surface area contributed by atoms with Crippen LogP contribution in [-0.2, 0) is 4.74 Å². The number of unbranched alkanes of at least 4 members (excludes halogenated alkanes) is 1. The maximum atomic E-state index is 12.0. The molecule has 0 saturated carbocycles. The van der Waals surface area contributed by atoms with Gasteiger partial charge in [0.25, 0.3) is 0 Å². The Bertz CT molecular complexity index is 642. The second-order valence-electron chi connectivity index (χ2n) is 8.76. The van der Waals surface area contributed by atoms with Crippen molar-refractivity contribution >= 4 is 11.8 Å². The molecular formula is C24H39N2O2. The zero-order valence-electron chi connectivity index (χ0n) is 18.3. The van der Waals surface area contributed by atoms with E-state index in [4.69, 9.17) is 4.74 Å². The number of allylic oxidation sites excluding steroid dienone is 2. The first-order valence-corrected chi connectivity index (χ1v) is 10.6. The van der Waals surface area contributed by atoms with Crippen LogP contribution >= 0.6 is 0 Å². The van der Waals surface area contributed by atoms with Gasteiger partial charge in [0.05, 0.1) is 0 Å². The van der Waals surface area contributed by atoms with Crippen molar-refractivity contribution in [3.63, 3.8) is 0 Å². The van der Waals surface area contributed by atoms with Gasteiger partial charge in [-0.2, -0.15) is 0 Å². The van der Waals surface area contributed by atoms with Gasteiger partial charge in [-0.1, -0.05) is 42.7 Å². The zero-order chi connectivity index (χ0) is 20.6. The minimum absolute atomic E-state index is 0. The van der Waals surface area contributed by atoms with Crippen LogP contribution in [0.5, 0.6) is 0 Å². The molecule has 0 aromatic heterocycles. The van der Waals surface area contributed by atoms with Gasteiger partial charge in [0.2, 0.25) is 0 Å². The number of likely N-dealkylation sites (tertiary alicyclic amines) is 1. The highest BCUT2D eigenvalue weighted by Crippen LogP contribution is 2.22. The van der Waals surface area contributed by atoms with Gasteiger partial charge in [0, 0.05) is 32.7 Å². The summed E-state index contributed by atoms with van der Waals surface area (Å²) in [4.78, 5) is 13.8. The normalized spacial score (nSPS) is 16.6. The Hall–Kier alpha value is -1.97. The van der Waals surface area contributed by atoms with E-state index in [0.717, 1.165) is 31.6 Å². The van der Waals surface area contributed by atoms with Crippen LogP contribution in [0.25, 0.3) is 0 Å². The average Bonchev–Trinajstić information content (AvgIpc) is 3.46. The third kappa shape index (κ3) is 8.81. The lowest BCUT2D eigenvalue weighted by Crippen LogP contribution is -2.44. The summed E-state index contributed by atoms with van der Waals surface area (Å²) < 4.78 is 5.41. The smallest absolute Gasteiger partial charge is 0.410 e. The summed E-state index contributed by atoms with van der Waals surface area (Å²) in [5.41, 5.74) is 3.55. The molecule has 1 heterocycles. The van der Waals surface area contributed by atoms with Gasteiger partial charge in [0.15, 0.2) is 0 Å². The van der Waals surface area contributed by atoms with E-state index in [1.54, 1.807) is 10.5 Å². The lowest BCUT2D eigenvalue weighted by Gasteiger charge is -2.34. The molecule has 157 valence electrons. The standard InChI is InChI=1S/C17H26N2O2.C7H11.H2/c1-13-5-7-14(8-6-13)18-15-9-11-19(12-10-15)16(20)21-17(2,3)4;1-2-3-4-7-5-6-7;/h5-8,15,18H,9-12H2,1-4H3;5-6H,2-4H2,1H3;1H. The van der Waals surface area contributed by atoms with Crippen molar-refractivity contribution in [2.45, 2.75) is 78.4 Å². The topological polar surface area (TPSA) is 41.6 Å². The van der Waals surface area contributed by atoms with E-state index in [1.807, 2.05) is 20.8 Å². The van der Waals surface area contributed by atoms with Crippen LogP contribution in [0.3, 0.4) is 0 Å². The Morgan fingerprint density at radius 3 is 2.32 bits per heavy atom. The van der Waals surface area contributed by atoms with E-state index >= 15 is 0 Å². The molecule has 4 heteroatoms. The first-order valence-electron chi connectivity index (χ1n) is 10.6. The van der Waals surface area contributed by atoms with E-state index in [1.165, 1.54) is 24.8 Å². The maximum Gasteiger partial charge on any atom is 0.410 e. The summed E-state index contributed by atoms with van der Waals surface area (Å²) >= 11 is 0. The van der Waals surface area contributed by atoms with Crippen LogP contribution in [0.15, 0.2) is 35.9 Å². The zero-order valence-corrected chi connectivity index (χ0v) is 18.3. The lowest BCUT2D eigenvalue weighted by atomic mass is 10.0. The highest BCUT2D eigenvalue weighted by atomic mass is 16.6. The molecular weight excluding hydrogens is 348 g/mol. The molecule has 1 aromatic carbocycles. The van der Waals surface area contributed by atoms with Gasteiger partial charge in [-0.3, -0.25) is 0 Å². The Morgan fingerprint density at radius 2 is 1.82 bits per heavy atom. The molecule has 28 heavy (non-hydrogen) atoms. The number of nitrogens with zero attached hydrogens (tertiary/aromatic N) is 1. The molecule has 0 bridgehead atoms. The number of anilines is 1. The minimum atomic E-state index is -0.423. The van der Waals surface area contributed by atoms with Gasteiger partial charge in [0.1, 0.15) is 5.60 Å². The number of carbonyl (C=O) groups excluding carboxylic acids is 1. The van der Waals surface area contributed by atoms with Crippen molar-refractivity contribution in [2.75, 3.05) is 18.4 Å². The molecule has 2 aliphatic rings. The molecule has 0 spiro atoms. The molecule has 1 aliphatic heterocycles. The quantitative estimate of drug-likeness (QED) is 0.638. The second-order valence-corrected chi connectivity index (χ2v) is 8.76. The summed E-state index contributed by atoms with van der Waals surface area (Å²) in [6.07, 6.45) is 10.1. The molecule has 1 aliphatic carbocycles. The minimum Gasteiger partial charge on any atom is -0.444 e. The van der Waals surface area contributed by atoms with E-state index < -0.39 is 5.60 Å². The first kappa shape index (κ1) is 22.3. The predicted molar refractivity (Wildman–Crippen MR) is 120 cm³/mol. The highest BCUT2D eigenvalue weighted by molar-refractivity contribution is 5.68. The van der Waals surface area contributed by atoms with Gasteiger partial charge in [-0.15, -0.1) is 0 Å². The Morgan fingerprint density at radius 1 is 1.21 bits per heavy atom. The fraction of sp³-hybridized carbons (Fsp3) is 0.583. The number of amides is 1. The fourth-order valence-corrected chi connectivity index (χ4v) is 3.02. The largest absolute Gasteiger partial charge is 0.444 e. The third-order valence-electron chi connectivity index (χ3n) is 4.79. The summed E-state index contributed by atoms with van der Waals surface area (Å²) in [6.45, 7) is 11.5.